The molecule has 0 saturated heterocycles. The van der Waals surface area contributed by atoms with Crippen LogP contribution in [0, 0.1) is 0 Å². The van der Waals surface area contributed by atoms with Crippen molar-refractivity contribution < 1.29 is 37.4 Å². The molecular formula is C25H27F3N2O5. The van der Waals surface area contributed by atoms with Gasteiger partial charge in [-0.1, -0.05) is 48.5 Å². The van der Waals surface area contributed by atoms with E-state index in [1.54, 1.807) is 5.32 Å². The lowest BCUT2D eigenvalue weighted by Crippen LogP contribution is -2.68. The predicted octanol–water partition coefficient (Wildman–Crippen LogP) is 4.56. The normalized spacial score (nSPS) is 14.9. The quantitative estimate of drug-likeness (QED) is 0.617. The molecule has 0 aliphatic heterocycles. The van der Waals surface area contributed by atoms with Crippen molar-refractivity contribution in [2.45, 2.75) is 50.9 Å². The van der Waals surface area contributed by atoms with Gasteiger partial charge >= 0.3 is 18.2 Å². The van der Waals surface area contributed by atoms with E-state index >= 15 is 0 Å². The van der Waals surface area contributed by atoms with Crippen LogP contribution in [0.5, 0.6) is 0 Å². The molecule has 2 aromatic rings. The minimum absolute atomic E-state index is 0.250. The second kappa shape index (κ2) is 9.24. The monoisotopic (exact) mass is 492 g/mol. The highest BCUT2D eigenvalue weighted by molar-refractivity contribution is 5.93. The van der Waals surface area contributed by atoms with Gasteiger partial charge in [0.15, 0.2) is 0 Å². The van der Waals surface area contributed by atoms with E-state index in [0.717, 1.165) is 22.3 Å². The molecule has 35 heavy (non-hydrogen) atoms. The molecule has 7 nitrogen and oxygen atoms in total. The zero-order valence-electron chi connectivity index (χ0n) is 19.8. The van der Waals surface area contributed by atoms with Gasteiger partial charge in [0.1, 0.15) is 13.2 Å². The van der Waals surface area contributed by atoms with Crippen molar-refractivity contribution in [2.24, 2.45) is 0 Å². The van der Waals surface area contributed by atoms with Crippen LogP contribution >= 0.6 is 0 Å². The van der Waals surface area contributed by atoms with Gasteiger partial charge in [-0.15, -0.1) is 0 Å². The van der Waals surface area contributed by atoms with Crippen molar-refractivity contribution in [1.82, 2.24) is 10.2 Å². The van der Waals surface area contributed by atoms with Gasteiger partial charge in [-0.25, -0.2) is 4.79 Å². The summed E-state index contributed by atoms with van der Waals surface area (Å²) in [5.74, 6) is -3.48. The molecule has 0 radical (unpaired) electrons. The Bertz CT molecular complexity index is 1100. The number of aliphatic carboxylic acids is 1. The highest BCUT2D eigenvalue weighted by Crippen LogP contribution is 2.44. The molecular weight excluding hydrogens is 465 g/mol. The molecule has 2 aromatic carbocycles. The van der Waals surface area contributed by atoms with Crippen LogP contribution in [-0.2, 0) is 14.3 Å². The molecule has 0 heterocycles. The Hall–Kier alpha value is -3.56. The molecule has 1 aliphatic rings. The number of benzene rings is 2. The highest BCUT2D eigenvalue weighted by Gasteiger charge is 2.60. The van der Waals surface area contributed by atoms with E-state index in [0.29, 0.717) is 11.8 Å². The van der Waals surface area contributed by atoms with E-state index in [9.17, 15) is 27.6 Å². The van der Waals surface area contributed by atoms with Crippen molar-refractivity contribution in [3.05, 3.63) is 59.7 Å². The SMILES string of the molecule is CC(C)(C)N(CC(=O)O)C(=O)C(C)(NC(=O)OCC1c2ccccc2-c2ccccc21)C(F)(F)F. The van der Waals surface area contributed by atoms with Gasteiger partial charge in [-0.2, -0.15) is 13.2 Å². The van der Waals surface area contributed by atoms with E-state index in [4.69, 9.17) is 9.84 Å². The first-order chi connectivity index (χ1) is 16.2. The summed E-state index contributed by atoms with van der Waals surface area (Å²) in [6.45, 7) is 3.48. The topological polar surface area (TPSA) is 95.9 Å². The lowest BCUT2D eigenvalue weighted by Gasteiger charge is -2.41. The van der Waals surface area contributed by atoms with Crippen molar-refractivity contribution in [1.29, 1.82) is 0 Å². The first-order valence-electron chi connectivity index (χ1n) is 10.9. The van der Waals surface area contributed by atoms with Crippen LogP contribution in [0.2, 0.25) is 0 Å². The van der Waals surface area contributed by atoms with Crippen molar-refractivity contribution in [2.75, 3.05) is 13.2 Å². The third kappa shape index (κ3) is 5.11. The zero-order valence-corrected chi connectivity index (χ0v) is 19.8. The zero-order chi connectivity index (χ0) is 26.2. The summed E-state index contributed by atoms with van der Waals surface area (Å²) in [6, 6.07) is 14.9. The van der Waals surface area contributed by atoms with Gasteiger partial charge in [-0.3, -0.25) is 14.9 Å². The van der Waals surface area contributed by atoms with Gasteiger partial charge < -0.3 is 14.7 Å². The van der Waals surface area contributed by atoms with Crippen LogP contribution in [0.4, 0.5) is 18.0 Å². The number of fused-ring (bicyclic) bond motifs is 3. The number of nitrogens with zero attached hydrogens (tertiary/aromatic N) is 1. The summed E-state index contributed by atoms with van der Waals surface area (Å²) in [5, 5.41) is 10.8. The fourth-order valence-corrected chi connectivity index (χ4v) is 4.10. The smallest absolute Gasteiger partial charge is 0.420 e. The number of rotatable bonds is 6. The van der Waals surface area contributed by atoms with Crippen LogP contribution in [0.25, 0.3) is 11.1 Å². The summed E-state index contributed by atoms with van der Waals surface area (Å²) >= 11 is 0. The number of ether oxygens (including phenoxy) is 1. The van der Waals surface area contributed by atoms with Gasteiger partial charge in [0.25, 0.3) is 5.91 Å². The van der Waals surface area contributed by atoms with Crippen LogP contribution in [0.3, 0.4) is 0 Å². The molecule has 1 unspecified atom stereocenters. The predicted molar refractivity (Wildman–Crippen MR) is 122 cm³/mol. The first-order valence-corrected chi connectivity index (χ1v) is 10.9. The number of alkyl halides is 3. The molecule has 0 aromatic heterocycles. The molecule has 0 saturated carbocycles. The Kier molecular flexibility index (Phi) is 6.88. The van der Waals surface area contributed by atoms with Crippen LogP contribution in [0.15, 0.2) is 48.5 Å². The summed E-state index contributed by atoms with van der Waals surface area (Å²) in [7, 11) is 0. The number of halogens is 3. The number of carboxylic acid groups (broad SMARTS) is 1. The minimum atomic E-state index is -5.22. The fourth-order valence-electron chi connectivity index (χ4n) is 4.10. The maximum atomic E-state index is 14.1. The van der Waals surface area contributed by atoms with Gasteiger partial charge in [-0.05, 0) is 49.9 Å². The van der Waals surface area contributed by atoms with Gasteiger partial charge in [0, 0.05) is 11.5 Å². The van der Waals surface area contributed by atoms with E-state index in [1.807, 2.05) is 48.5 Å². The van der Waals surface area contributed by atoms with Crippen LogP contribution in [-0.4, -0.2) is 58.4 Å². The minimum Gasteiger partial charge on any atom is -0.480 e. The maximum absolute atomic E-state index is 14.1. The summed E-state index contributed by atoms with van der Waals surface area (Å²) in [6.07, 6.45) is -6.67. The molecule has 0 bridgehead atoms. The number of carbonyl (C=O) groups is 3. The van der Waals surface area contributed by atoms with Gasteiger partial charge in [0.05, 0.1) is 0 Å². The van der Waals surface area contributed by atoms with E-state index in [-0.39, 0.29) is 12.5 Å². The molecule has 1 atom stereocenters. The van der Waals surface area contributed by atoms with E-state index in [1.165, 1.54) is 20.8 Å². The lowest BCUT2D eigenvalue weighted by atomic mass is 9.95. The average Bonchev–Trinajstić information content (AvgIpc) is 3.07. The molecule has 0 fully saturated rings. The van der Waals surface area contributed by atoms with Gasteiger partial charge in [0.2, 0.25) is 5.54 Å². The lowest BCUT2D eigenvalue weighted by molar-refractivity contribution is -0.203. The number of alkyl carbamates (subject to hydrolysis) is 1. The van der Waals surface area contributed by atoms with Crippen LogP contribution in [0.1, 0.15) is 44.7 Å². The second-order valence-electron chi connectivity index (χ2n) is 9.53. The number of carboxylic acids is 1. The summed E-state index contributed by atoms with van der Waals surface area (Å²) < 4.78 is 47.4. The number of hydrogen-bond acceptors (Lipinski definition) is 4. The third-order valence-corrected chi connectivity index (χ3v) is 6.04. The molecule has 0 spiro atoms. The molecule has 1 aliphatic carbocycles. The number of hydrogen-bond donors (Lipinski definition) is 2. The van der Waals surface area contributed by atoms with Crippen molar-refractivity contribution >= 4 is 18.0 Å². The number of carbonyl (C=O) groups excluding carboxylic acids is 2. The van der Waals surface area contributed by atoms with E-state index in [2.05, 4.69) is 0 Å². The average molecular weight is 492 g/mol. The molecule has 2 amide bonds. The third-order valence-electron chi connectivity index (χ3n) is 6.04. The number of nitrogens with one attached hydrogen (secondary N) is 1. The Morgan fingerprint density at radius 1 is 0.943 bits per heavy atom. The van der Waals surface area contributed by atoms with Crippen molar-refractivity contribution in [3.8, 4) is 11.1 Å². The summed E-state index contributed by atoms with van der Waals surface area (Å²) in [5.41, 5.74) is -1.03. The largest absolute Gasteiger partial charge is 0.480 e. The Morgan fingerprint density at radius 2 is 1.43 bits per heavy atom. The maximum Gasteiger partial charge on any atom is 0.420 e. The first kappa shape index (κ1) is 26.1. The van der Waals surface area contributed by atoms with Crippen molar-refractivity contribution in [3.63, 3.8) is 0 Å². The Morgan fingerprint density at radius 3 is 1.86 bits per heavy atom. The molecule has 10 heteroatoms. The molecule has 3 rings (SSSR count). The fraction of sp³-hybridized carbons (Fsp3) is 0.400. The Labute approximate surface area is 200 Å². The standard InChI is InChI=1S/C25H27F3N2O5/c1-23(2,3)30(13-20(31)32)21(33)24(4,25(26,27)28)29-22(34)35-14-19-17-11-7-5-9-15(17)16-10-6-8-12-18(16)19/h5-12,19H,13-14H2,1-4H3,(H,29,34)(H,31,32). The second-order valence-corrected chi connectivity index (χ2v) is 9.53. The Balaban J connectivity index is 1.82. The molecule has 188 valence electrons. The molecule has 2 N–H and O–H groups in total. The highest BCUT2D eigenvalue weighted by atomic mass is 19.4. The van der Waals surface area contributed by atoms with E-state index < -0.39 is 41.8 Å². The summed E-state index contributed by atoms with van der Waals surface area (Å²) in [4.78, 5) is 37.3. The van der Waals surface area contributed by atoms with Crippen LogP contribution < -0.4 is 5.32 Å². The number of amides is 2.